The molecule has 1 aromatic heterocycles. The molecule has 204 valence electrons. The van der Waals surface area contributed by atoms with Gasteiger partial charge in [-0.2, -0.15) is 4.98 Å². The number of hydrogen-bond donors (Lipinski definition) is 5. The zero-order valence-electron chi connectivity index (χ0n) is 21.6. The molecule has 1 saturated heterocycles. The van der Waals surface area contributed by atoms with Crippen molar-refractivity contribution < 1.29 is 14.4 Å². The topological polar surface area (TPSA) is 140 Å². The summed E-state index contributed by atoms with van der Waals surface area (Å²) in [7, 11) is 0. The second kappa shape index (κ2) is 12.9. The van der Waals surface area contributed by atoms with Gasteiger partial charge in [0, 0.05) is 50.7 Å². The Morgan fingerprint density at radius 3 is 2.53 bits per heavy atom. The third-order valence-corrected chi connectivity index (χ3v) is 7.33. The van der Waals surface area contributed by atoms with E-state index in [0.717, 1.165) is 44.5 Å². The Labute approximate surface area is 231 Å². The Morgan fingerprint density at radius 1 is 1.05 bits per heavy atom. The third kappa shape index (κ3) is 7.33. The van der Waals surface area contributed by atoms with Crippen LogP contribution >= 0.6 is 15.9 Å². The first-order valence-electron chi connectivity index (χ1n) is 13.1. The molecule has 2 fully saturated rings. The molecule has 1 aliphatic heterocycles. The van der Waals surface area contributed by atoms with Crippen molar-refractivity contribution in [3.05, 3.63) is 34.9 Å². The van der Waals surface area contributed by atoms with Crippen LogP contribution in [0.3, 0.4) is 0 Å². The van der Waals surface area contributed by atoms with Gasteiger partial charge < -0.3 is 31.5 Å². The van der Waals surface area contributed by atoms with Crippen molar-refractivity contribution in [3.63, 3.8) is 0 Å². The molecule has 0 radical (unpaired) electrons. The number of hydrogen-bond acceptors (Lipinski definition) is 7. The Hall–Kier alpha value is -3.41. The summed E-state index contributed by atoms with van der Waals surface area (Å²) in [5.41, 5.74) is 0.673. The maximum absolute atomic E-state index is 12.7. The highest BCUT2D eigenvalue weighted by Gasteiger charge is 2.41. The Morgan fingerprint density at radius 2 is 1.79 bits per heavy atom. The maximum atomic E-state index is 12.7. The second-order valence-electron chi connectivity index (χ2n) is 9.73. The number of halogens is 1. The van der Waals surface area contributed by atoms with E-state index in [0.29, 0.717) is 54.3 Å². The lowest BCUT2D eigenvalue weighted by molar-refractivity contribution is -0.132. The van der Waals surface area contributed by atoms with Crippen molar-refractivity contribution in [2.75, 3.05) is 42.1 Å². The third-order valence-electron chi connectivity index (χ3n) is 6.75. The number of nitrogens with zero attached hydrogens (tertiary/aromatic N) is 3. The number of carbonyl (C=O) groups excluding carboxylic acids is 3. The van der Waals surface area contributed by atoms with E-state index in [2.05, 4.69) is 52.5 Å². The minimum atomic E-state index is -0.774. The molecule has 0 atom stereocenters. The fourth-order valence-corrected chi connectivity index (χ4v) is 5.20. The Bertz CT molecular complexity index is 1150. The molecule has 4 rings (SSSR count). The summed E-state index contributed by atoms with van der Waals surface area (Å²) < 4.78 is 0.717. The molecule has 2 aromatic rings. The van der Waals surface area contributed by atoms with Crippen molar-refractivity contribution in [3.8, 4) is 0 Å². The van der Waals surface area contributed by atoms with Gasteiger partial charge in [0.2, 0.25) is 17.8 Å². The van der Waals surface area contributed by atoms with Gasteiger partial charge in [-0.3, -0.25) is 9.59 Å². The fourth-order valence-electron chi connectivity index (χ4n) is 4.87. The molecular weight excluding hydrogens is 552 g/mol. The minimum absolute atomic E-state index is 0.0873. The predicted molar refractivity (Wildman–Crippen MR) is 150 cm³/mol. The van der Waals surface area contributed by atoms with E-state index in [1.807, 2.05) is 29.2 Å². The van der Waals surface area contributed by atoms with Crippen LogP contribution in [0.4, 0.5) is 27.9 Å². The van der Waals surface area contributed by atoms with Crippen LogP contribution in [0.15, 0.2) is 34.9 Å². The van der Waals surface area contributed by atoms with E-state index in [4.69, 9.17) is 0 Å². The Balaban J connectivity index is 1.26. The first-order chi connectivity index (χ1) is 18.3. The fraction of sp³-hybridized carbons (Fsp3) is 0.500. The minimum Gasteiger partial charge on any atom is -0.369 e. The number of carbonyl (C=O) groups is 3. The molecule has 1 aliphatic carbocycles. The van der Waals surface area contributed by atoms with Crippen LogP contribution < -0.4 is 26.6 Å². The maximum Gasteiger partial charge on any atom is 0.321 e. The quantitative estimate of drug-likeness (QED) is 0.265. The molecule has 0 spiro atoms. The first kappa shape index (κ1) is 27.6. The van der Waals surface area contributed by atoms with Gasteiger partial charge in [0.05, 0.1) is 4.47 Å². The van der Waals surface area contributed by atoms with E-state index in [1.54, 1.807) is 6.20 Å². The molecule has 2 aliphatic rings. The molecule has 38 heavy (non-hydrogen) atoms. The van der Waals surface area contributed by atoms with Gasteiger partial charge in [-0.05, 0) is 66.2 Å². The smallest absolute Gasteiger partial charge is 0.321 e. The summed E-state index contributed by atoms with van der Waals surface area (Å²) in [6, 6.07) is 7.34. The van der Waals surface area contributed by atoms with Crippen LogP contribution in [-0.4, -0.2) is 64.4 Å². The first-order valence-corrected chi connectivity index (χ1v) is 13.9. The summed E-state index contributed by atoms with van der Waals surface area (Å²) in [5.74, 6) is 0.738. The van der Waals surface area contributed by atoms with Gasteiger partial charge in [-0.25, -0.2) is 9.78 Å². The second-order valence-corrected chi connectivity index (χ2v) is 10.6. The van der Waals surface area contributed by atoms with E-state index >= 15 is 0 Å². The van der Waals surface area contributed by atoms with Gasteiger partial charge in [-0.15, -0.1) is 0 Å². The summed E-state index contributed by atoms with van der Waals surface area (Å²) in [4.78, 5) is 47.4. The number of anilines is 4. The van der Waals surface area contributed by atoms with Gasteiger partial charge in [0.1, 0.15) is 11.4 Å². The van der Waals surface area contributed by atoms with Crippen LogP contribution in [-0.2, 0) is 9.59 Å². The van der Waals surface area contributed by atoms with Crippen molar-refractivity contribution in [1.29, 1.82) is 0 Å². The Kier molecular flexibility index (Phi) is 9.38. The molecule has 11 nitrogen and oxygen atoms in total. The number of urea groups is 1. The normalized spacial score (nSPS) is 16.1. The van der Waals surface area contributed by atoms with Crippen LogP contribution in [0.25, 0.3) is 0 Å². The van der Waals surface area contributed by atoms with Crippen LogP contribution in [0.2, 0.25) is 0 Å². The lowest BCUT2D eigenvalue weighted by Gasteiger charge is -2.28. The van der Waals surface area contributed by atoms with E-state index in [9.17, 15) is 14.4 Å². The summed E-state index contributed by atoms with van der Waals surface area (Å²) in [6.07, 6.45) is 7.65. The molecule has 0 unspecified atom stereocenters. The van der Waals surface area contributed by atoms with Gasteiger partial charge in [0.15, 0.2) is 0 Å². The molecule has 1 saturated carbocycles. The lowest BCUT2D eigenvalue weighted by Crippen LogP contribution is -2.56. The number of nitrogens with one attached hydrogen (secondary N) is 5. The average molecular weight is 588 g/mol. The van der Waals surface area contributed by atoms with Crippen molar-refractivity contribution >= 4 is 56.9 Å². The standard InChI is InChI=1S/C26H35BrN8O3/c1-18(36)34-26(10-2-3-11-26)23(37)29-13-7-12-28-22-21(27)17-30-24(33-22)31-19-8-6-9-20(16-19)32-25(38)35-14-4-5-15-35/h6,8-9,16-17H,2-5,7,10-15H2,1H3,(H,29,37)(H,32,38)(H,34,36)(H2,28,30,31,33). The molecule has 4 amide bonds. The average Bonchev–Trinajstić information content (AvgIpc) is 3.59. The highest BCUT2D eigenvalue weighted by molar-refractivity contribution is 9.10. The zero-order chi connectivity index (χ0) is 27.0. The van der Waals surface area contributed by atoms with E-state index < -0.39 is 5.54 Å². The van der Waals surface area contributed by atoms with Gasteiger partial charge in [0.25, 0.3) is 0 Å². The molecule has 12 heteroatoms. The number of benzene rings is 1. The van der Waals surface area contributed by atoms with E-state index in [1.165, 1.54) is 6.92 Å². The number of aromatic nitrogens is 2. The van der Waals surface area contributed by atoms with Crippen molar-refractivity contribution in [1.82, 2.24) is 25.5 Å². The highest BCUT2D eigenvalue weighted by Crippen LogP contribution is 2.30. The molecular formula is C26H35BrN8O3. The molecule has 0 bridgehead atoms. The van der Waals surface area contributed by atoms with Crippen molar-refractivity contribution in [2.24, 2.45) is 0 Å². The summed E-state index contributed by atoms with van der Waals surface area (Å²) in [6.45, 7) is 4.09. The van der Waals surface area contributed by atoms with Gasteiger partial charge in [-0.1, -0.05) is 18.9 Å². The predicted octanol–water partition coefficient (Wildman–Crippen LogP) is 3.98. The number of amides is 4. The van der Waals surface area contributed by atoms with Crippen LogP contribution in [0.5, 0.6) is 0 Å². The zero-order valence-corrected chi connectivity index (χ0v) is 23.2. The summed E-state index contributed by atoms with van der Waals surface area (Å²) >= 11 is 3.48. The monoisotopic (exact) mass is 586 g/mol. The van der Waals surface area contributed by atoms with E-state index in [-0.39, 0.29) is 17.8 Å². The number of likely N-dealkylation sites (tertiary alicyclic amines) is 1. The van der Waals surface area contributed by atoms with Gasteiger partial charge >= 0.3 is 6.03 Å². The lowest BCUT2D eigenvalue weighted by atomic mass is 9.96. The molecule has 1 aromatic carbocycles. The van der Waals surface area contributed by atoms with Crippen molar-refractivity contribution in [2.45, 2.75) is 57.4 Å². The van der Waals surface area contributed by atoms with Crippen LogP contribution in [0.1, 0.15) is 51.9 Å². The van der Waals surface area contributed by atoms with Crippen LogP contribution in [0, 0.1) is 0 Å². The summed E-state index contributed by atoms with van der Waals surface area (Å²) in [5, 5.41) is 15.2. The molecule has 2 heterocycles. The number of rotatable bonds is 10. The largest absolute Gasteiger partial charge is 0.369 e. The SMILES string of the molecule is CC(=O)NC1(C(=O)NCCCNc2nc(Nc3cccc(NC(=O)N4CCCC4)c3)ncc2Br)CCCC1. The highest BCUT2D eigenvalue weighted by atomic mass is 79.9. The molecule has 5 N–H and O–H groups in total.